The maximum absolute atomic E-state index is 11.1. The Morgan fingerprint density at radius 2 is 1.07 bits per heavy atom. The van der Waals surface area contributed by atoms with Gasteiger partial charge in [-0.05, 0) is 41.8 Å². The Kier molecular flexibility index (Phi) is 8.73. The first-order chi connectivity index (χ1) is 13.5. The largest absolute Gasteiger partial charge is 0.478 e. The minimum atomic E-state index is -0.930. The van der Waals surface area contributed by atoms with E-state index in [1.165, 1.54) is 38.5 Å². The van der Waals surface area contributed by atoms with E-state index in [0.29, 0.717) is 0 Å². The van der Waals surface area contributed by atoms with E-state index in [4.69, 9.17) is 10.2 Å². The van der Waals surface area contributed by atoms with Gasteiger partial charge in [0, 0.05) is 5.92 Å². The van der Waals surface area contributed by atoms with Gasteiger partial charge in [-0.2, -0.15) is 0 Å². The highest BCUT2D eigenvalue weighted by Gasteiger charge is 2.16. The Morgan fingerprint density at radius 3 is 1.46 bits per heavy atom. The normalized spacial score (nSPS) is 10.9. The highest BCUT2D eigenvalue weighted by Crippen LogP contribution is 2.31. The molecule has 0 saturated carbocycles. The number of hydrogen-bond donors (Lipinski definition) is 2. The lowest BCUT2D eigenvalue weighted by Gasteiger charge is -2.19. The van der Waals surface area contributed by atoms with Crippen molar-refractivity contribution in [1.82, 2.24) is 0 Å². The van der Waals surface area contributed by atoms with E-state index >= 15 is 0 Å². The summed E-state index contributed by atoms with van der Waals surface area (Å²) in [5.74, 6) is -1.72. The van der Waals surface area contributed by atoms with Crippen LogP contribution in [0.3, 0.4) is 0 Å². The summed E-state index contributed by atoms with van der Waals surface area (Å²) in [7, 11) is 0. The lowest BCUT2D eigenvalue weighted by molar-refractivity contribution is 0.0686. The third-order valence-electron chi connectivity index (χ3n) is 5.22. The molecular formula is C24H30O4. The molecule has 0 saturated heterocycles. The molecule has 2 aromatic carbocycles. The molecule has 0 radical (unpaired) electrons. The van der Waals surface area contributed by atoms with Crippen LogP contribution in [0.25, 0.3) is 0 Å². The molecule has 2 aromatic rings. The van der Waals surface area contributed by atoms with Crippen molar-refractivity contribution in [3.63, 3.8) is 0 Å². The Balaban J connectivity index is 2.08. The standard InChI is InChI=1S/C24H30O4/c1-2-3-4-5-6-7-8-9-22(18-10-14-20(15-11-18)23(25)26)19-12-16-21(17-13-19)24(27)28/h10-17,22H,2-9H2,1H3,(H,25,26)(H,27,28). The van der Waals surface area contributed by atoms with Crippen LogP contribution in [-0.2, 0) is 0 Å². The predicted molar refractivity (Wildman–Crippen MR) is 111 cm³/mol. The van der Waals surface area contributed by atoms with E-state index in [1.807, 2.05) is 24.3 Å². The number of hydrogen-bond acceptors (Lipinski definition) is 2. The van der Waals surface area contributed by atoms with Gasteiger partial charge >= 0.3 is 11.9 Å². The summed E-state index contributed by atoms with van der Waals surface area (Å²) in [6.45, 7) is 2.22. The molecule has 0 heterocycles. The first kappa shape index (κ1) is 21.7. The molecule has 0 aliphatic heterocycles. The molecule has 28 heavy (non-hydrogen) atoms. The van der Waals surface area contributed by atoms with Gasteiger partial charge < -0.3 is 10.2 Å². The van der Waals surface area contributed by atoms with Crippen molar-refractivity contribution < 1.29 is 19.8 Å². The predicted octanol–water partition coefficient (Wildman–Crippen LogP) is 6.36. The van der Waals surface area contributed by atoms with Crippen molar-refractivity contribution in [2.24, 2.45) is 0 Å². The smallest absolute Gasteiger partial charge is 0.335 e. The third kappa shape index (κ3) is 6.52. The molecule has 0 aliphatic rings. The van der Waals surface area contributed by atoms with Gasteiger partial charge in [0.2, 0.25) is 0 Å². The van der Waals surface area contributed by atoms with Crippen molar-refractivity contribution >= 4 is 11.9 Å². The molecule has 0 bridgehead atoms. The van der Waals surface area contributed by atoms with Crippen molar-refractivity contribution in [3.05, 3.63) is 70.8 Å². The molecule has 0 aliphatic carbocycles. The van der Waals surface area contributed by atoms with Crippen LogP contribution in [0, 0.1) is 0 Å². The molecule has 150 valence electrons. The lowest BCUT2D eigenvalue weighted by Crippen LogP contribution is -2.04. The fourth-order valence-corrected chi connectivity index (χ4v) is 3.55. The number of carboxylic acid groups (broad SMARTS) is 2. The first-order valence-electron chi connectivity index (χ1n) is 10.2. The summed E-state index contributed by atoms with van der Waals surface area (Å²) in [4.78, 5) is 22.2. The van der Waals surface area contributed by atoms with Gasteiger partial charge in [-0.15, -0.1) is 0 Å². The van der Waals surface area contributed by atoms with E-state index in [1.54, 1.807) is 24.3 Å². The Hall–Kier alpha value is -2.62. The molecule has 2 N–H and O–H groups in total. The maximum Gasteiger partial charge on any atom is 0.335 e. The summed E-state index contributed by atoms with van der Waals surface area (Å²) >= 11 is 0. The molecule has 4 nitrogen and oxygen atoms in total. The summed E-state index contributed by atoms with van der Waals surface area (Å²) in [5.41, 5.74) is 2.69. The molecule has 4 heteroatoms. The Labute approximate surface area is 167 Å². The average molecular weight is 383 g/mol. The number of benzene rings is 2. The van der Waals surface area contributed by atoms with Crippen molar-refractivity contribution in [2.75, 3.05) is 0 Å². The van der Waals surface area contributed by atoms with E-state index in [0.717, 1.165) is 24.0 Å². The summed E-state index contributed by atoms with van der Waals surface area (Å²) in [6.07, 6.45) is 9.61. The molecular weight excluding hydrogens is 352 g/mol. The molecule has 0 amide bonds. The van der Waals surface area contributed by atoms with Crippen LogP contribution in [0.4, 0.5) is 0 Å². The summed E-state index contributed by atoms with van der Waals surface area (Å²) in [5, 5.41) is 18.2. The van der Waals surface area contributed by atoms with Crippen LogP contribution in [-0.4, -0.2) is 22.2 Å². The number of carbonyl (C=O) groups is 2. The van der Waals surface area contributed by atoms with Crippen molar-refractivity contribution in [3.8, 4) is 0 Å². The second-order valence-electron chi connectivity index (χ2n) is 7.32. The fraction of sp³-hybridized carbons (Fsp3) is 0.417. The fourth-order valence-electron chi connectivity index (χ4n) is 3.55. The van der Waals surface area contributed by atoms with Crippen molar-refractivity contribution in [1.29, 1.82) is 0 Å². The minimum absolute atomic E-state index is 0.140. The van der Waals surface area contributed by atoms with Crippen LogP contribution in [0.1, 0.15) is 96.1 Å². The van der Waals surface area contributed by atoms with Gasteiger partial charge in [0.15, 0.2) is 0 Å². The highest BCUT2D eigenvalue weighted by molar-refractivity contribution is 5.88. The van der Waals surface area contributed by atoms with Crippen LogP contribution in [0.2, 0.25) is 0 Å². The zero-order valence-electron chi connectivity index (χ0n) is 16.6. The monoisotopic (exact) mass is 382 g/mol. The van der Waals surface area contributed by atoms with E-state index in [2.05, 4.69) is 6.92 Å². The quantitative estimate of drug-likeness (QED) is 0.419. The van der Waals surface area contributed by atoms with E-state index in [9.17, 15) is 9.59 Å². The van der Waals surface area contributed by atoms with Crippen LogP contribution >= 0.6 is 0 Å². The Bertz CT molecular complexity index is 690. The number of rotatable bonds is 12. The topological polar surface area (TPSA) is 74.6 Å². The Morgan fingerprint density at radius 1 is 0.679 bits per heavy atom. The zero-order chi connectivity index (χ0) is 20.4. The molecule has 2 rings (SSSR count). The van der Waals surface area contributed by atoms with Gasteiger partial charge in [0.25, 0.3) is 0 Å². The molecule has 0 aromatic heterocycles. The highest BCUT2D eigenvalue weighted by atomic mass is 16.4. The first-order valence-corrected chi connectivity index (χ1v) is 10.2. The minimum Gasteiger partial charge on any atom is -0.478 e. The number of aromatic carboxylic acids is 2. The van der Waals surface area contributed by atoms with E-state index in [-0.39, 0.29) is 17.0 Å². The maximum atomic E-state index is 11.1. The van der Waals surface area contributed by atoms with Gasteiger partial charge in [0.05, 0.1) is 11.1 Å². The second kappa shape index (κ2) is 11.3. The van der Waals surface area contributed by atoms with Gasteiger partial charge in [-0.25, -0.2) is 9.59 Å². The van der Waals surface area contributed by atoms with Gasteiger partial charge in [-0.3, -0.25) is 0 Å². The number of unbranched alkanes of at least 4 members (excludes halogenated alkanes) is 6. The van der Waals surface area contributed by atoms with Crippen LogP contribution in [0.5, 0.6) is 0 Å². The van der Waals surface area contributed by atoms with Gasteiger partial charge in [-0.1, -0.05) is 76.1 Å². The number of carboxylic acids is 2. The molecule has 0 atom stereocenters. The second-order valence-corrected chi connectivity index (χ2v) is 7.32. The lowest BCUT2D eigenvalue weighted by atomic mass is 9.86. The average Bonchev–Trinajstić information content (AvgIpc) is 2.70. The zero-order valence-corrected chi connectivity index (χ0v) is 16.6. The van der Waals surface area contributed by atoms with Crippen LogP contribution in [0.15, 0.2) is 48.5 Å². The van der Waals surface area contributed by atoms with Gasteiger partial charge in [0.1, 0.15) is 0 Å². The van der Waals surface area contributed by atoms with Crippen molar-refractivity contribution in [2.45, 2.75) is 64.2 Å². The third-order valence-corrected chi connectivity index (χ3v) is 5.22. The molecule has 0 spiro atoms. The SMILES string of the molecule is CCCCCCCCCC(c1ccc(C(=O)O)cc1)c1ccc(C(=O)O)cc1. The van der Waals surface area contributed by atoms with Crippen LogP contribution < -0.4 is 0 Å². The molecule has 0 fully saturated rings. The van der Waals surface area contributed by atoms with E-state index < -0.39 is 11.9 Å². The molecule has 0 unspecified atom stereocenters. The summed E-state index contributed by atoms with van der Waals surface area (Å²) < 4.78 is 0. The summed E-state index contributed by atoms with van der Waals surface area (Å²) in [6, 6.07) is 14.1.